The van der Waals surface area contributed by atoms with Crippen molar-refractivity contribution in [1.82, 2.24) is 9.78 Å². The molecule has 2 rings (SSSR count). The molecule has 0 fully saturated rings. The molecular formula is C11H9F3IN3. The summed E-state index contributed by atoms with van der Waals surface area (Å²) in [6.07, 6.45) is 0. The number of hydrogen-bond acceptors (Lipinski definition) is 2. The van der Waals surface area contributed by atoms with Crippen molar-refractivity contribution in [3.05, 3.63) is 44.4 Å². The van der Waals surface area contributed by atoms with Crippen molar-refractivity contribution in [3.63, 3.8) is 0 Å². The standard InChI is InChI=1S/C11H9F3IN3/c1-5-10(15)11(16)18(17-5)4-6-2-7(12)9(14)8(13)3-6/h2-3H,4,16H2,1H3. The smallest absolute Gasteiger partial charge is 0.194 e. The largest absolute Gasteiger partial charge is 0.383 e. The Kier molecular flexibility index (Phi) is 3.51. The fourth-order valence-electron chi connectivity index (χ4n) is 1.57. The molecule has 7 heteroatoms. The third kappa shape index (κ3) is 2.31. The zero-order chi connectivity index (χ0) is 13.4. The number of benzene rings is 1. The Morgan fingerprint density at radius 3 is 2.28 bits per heavy atom. The second-order valence-corrected chi connectivity index (χ2v) is 4.89. The van der Waals surface area contributed by atoms with Gasteiger partial charge in [-0.25, -0.2) is 17.9 Å². The molecule has 0 unspecified atom stereocenters. The Balaban J connectivity index is 2.37. The minimum atomic E-state index is -1.47. The van der Waals surface area contributed by atoms with Gasteiger partial charge in [0.05, 0.1) is 15.8 Å². The lowest BCUT2D eigenvalue weighted by Gasteiger charge is -2.05. The Bertz CT molecular complexity index is 587. The van der Waals surface area contributed by atoms with Gasteiger partial charge in [0.15, 0.2) is 17.5 Å². The van der Waals surface area contributed by atoms with Gasteiger partial charge in [-0.05, 0) is 47.2 Å². The van der Waals surface area contributed by atoms with E-state index in [0.717, 1.165) is 21.4 Å². The number of nitrogens with zero attached hydrogens (tertiary/aromatic N) is 2. The molecule has 0 spiro atoms. The predicted molar refractivity (Wildman–Crippen MR) is 69.5 cm³/mol. The molecule has 0 amide bonds. The first kappa shape index (κ1) is 13.2. The Labute approximate surface area is 115 Å². The molecular weight excluding hydrogens is 358 g/mol. The van der Waals surface area contributed by atoms with E-state index in [1.54, 1.807) is 6.92 Å². The molecule has 18 heavy (non-hydrogen) atoms. The van der Waals surface area contributed by atoms with Gasteiger partial charge >= 0.3 is 0 Å². The van der Waals surface area contributed by atoms with Crippen molar-refractivity contribution in [1.29, 1.82) is 0 Å². The molecule has 0 saturated carbocycles. The first-order valence-corrected chi connectivity index (χ1v) is 6.10. The van der Waals surface area contributed by atoms with Gasteiger partial charge in [0.2, 0.25) is 0 Å². The van der Waals surface area contributed by atoms with Crippen LogP contribution >= 0.6 is 22.6 Å². The summed E-state index contributed by atoms with van der Waals surface area (Å²) in [5, 5.41) is 4.13. The molecule has 1 heterocycles. The molecule has 3 nitrogen and oxygen atoms in total. The monoisotopic (exact) mass is 367 g/mol. The fourth-order valence-corrected chi connectivity index (χ4v) is 1.96. The van der Waals surface area contributed by atoms with Crippen molar-refractivity contribution in [2.24, 2.45) is 0 Å². The van der Waals surface area contributed by atoms with Crippen LogP contribution in [0.15, 0.2) is 12.1 Å². The first-order chi connectivity index (χ1) is 8.40. The van der Waals surface area contributed by atoms with E-state index >= 15 is 0 Å². The maximum Gasteiger partial charge on any atom is 0.194 e. The van der Waals surface area contributed by atoms with Crippen molar-refractivity contribution in [2.45, 2.75) is 13.5 Å². The van der Waals surface area contributed by atoms with Crippen LogP contribution in [0.1, 0.15) is 11.3 Å². The lowest BCUT2D eigenvalue weighted by Crippen LogP contribution is -2.07. The summed E-state index contributed by atoms with van der Waals surface area (Å²) in [4.78, 5) is 0. The lowest BCUT2D eigenvalue weighted by atomic mass is 10.2. The number of aryl methyl sites for hydroxylation is 1. The van der Waals surface area contributed by atoms with Crippen molar-refractivity contribution in [3.8, 4) is 0 Å². The van der Waals surface area contributed by atoms with E-state index in [4.69, 9.17) is 5.73 Å². The van der Waals surface area contributed by atoms with Crippen LogP contribution in [0.25, 0.3) is 0 Å². The van der Waals surface area contributed by atoms with Crippen LogP contribution in [0.3, 0.4) is 0 Å². The van der Waals surface area contributed by atoms with E-state index in [2.05, 4.69) is 5.10 Å². The minimum Gasteiger partial charge on any atom is -0.383 e. The highest BCUT2D eigenvalue weighted by Crippen LogP contribution is 2.20. The quantitative estimate of drug-likeness (QED) is 0.656. The van der Waals surface area contributed by atoms with Gasteiger partial charge in [0, 0.05) is 0 Å². The SMILES string of the molecule is Cc1nn(Cc2cc(F)c(F)c(F)c2)c(N)c1I. The molecule has 0 aliphatic carbocycles. The van der Waals surface area contributed by atoms with E-state index in [-0.39, 0.29) is 12.1 Å². The number of hydrogen-bond donors (Lipinski definition) is 1. The summed E-state index contributed by atoms with van der Waals surface area (Å²) in [5.41, 5.74) is 6.78. The average molecular weight is 367 g/mol. The first-order valence-electron chi connectivity index (χ1n) is 5.02. The number of nitrogen functional groups attached to an aromatic ring is 1. The van der Waals surface area contributed by atoms with Gasteiger partial charge in [-0.15, -0.1) is 0 Å². The highest BCUT2D eigenvalue weighted by Gasteiger charge is 2.13. The summed E-state index contributed by atoms with van der Waals surface area (Å²) in [6.45, 7) is 1.87. The number of halogens is 4. The topological polar surface area (TPSA) is 43.8 Å². The van der Waals surface area contributed by atoms with Crippen LogP contribution in [0.5, 0.6) is 0 Å². The number of aromatic nitrogens is 2. The van der Waals surface area contributed by atoms with E-state index in [1.807, 2.05) is 22.6 Å². The van der Waals surface area contributed by atoms with E-state index in [0.29, 0.717) is 5.82 Å². The lowest BCUT2D eigenvalue weighted by molar-refractivity contribution is 0.444. The molecule has 2 N–H and O–H groups in total. The normalized spacial score (nSPS) is 10.9. The van der Waals surface area contributed by atoms with Gasteiger partial charge < -0.3 is 5.73 Å². The molecule has 0 saturated heterocycles. The molecule has 0 aliphatic heterocycles. The number of nitrogens with two attached hydrogens (primary N) is 1. The van der Waals surface area contributed by atoms with Crippen LogP contribution in [0, 0.1) is 27.9 Å². The van der Waals surface area contributed by atoms with Crippen molar-refractivity contribution >= 4 is 28.4 Å². The zero-order valence-electron chi connectivity index (χ0n) is 9.35. The highest BCUT2D eigenvalue weighted by atomic mass is 127. The molecule has 1 aromatic heterocycles. The maximum atomic E-state index is 13.1. The van der Waals surface area contributed by atoms with Gasteiger partial charge in [-0.2, -0.15) is 5.10 Å². The van der Waals surface area contributed by atoms with Crippen molar-refractivity contribution in [2.75, 3.05) is 5.73 Å². The second kappa shape index (κ2) is 4.79. The molecule has 0 bridgehead atoms. The fraction of sp³-hybridized carbons (Fsp3) is 0.182. The van der Waals surface area contributed by atoms with Gasteiger partial charge in [0.25, 0.3) is 0 Å². The molecule has 0 atom stereocenters. The Morgan fingerprint density at radius 1 is 1.28 bits per heavy atom. The van der Waals surface area contributed by atoms with Crippen molar-refractivity contribution < 1.29 is 13.2 Å². The summed E-state index contributed by atoms with van der Waals surface area (Å²) < 4.78 is 41.1. The zero-order valence-corrected chi connectivity index (χ0v) is 11.5. The summed E-state index contributed by atoms with van der Waals surface area (Å²) >= 11 is 2.03. The molecule has 96 valence electrons. The third-order valence-corrected chi connectivity index (χ3v) is 3.80. The average Bonchev–Trinajstić information content (AvgIpc) is 2.54. The van der Waals surface area contributed by atoms with E-state index in [1.165, 1.54) is 4.68 Å². The van der Waals surface area contributed by atoms with Crippen LogP contribution in [-0.4, -0.2) is 9.78 Å². The van der Waals surface area contributed by atoms with Crippen LogP contribution in [0.2, 0.25) is 0 Å². The van der Waals surface area contributed by atoms with E-state index in [9.17, 15) is 13.2 Å². The second-order valence-electron chi connectivity index (χ2n) is 3.82. The molecule has 2 aromatic rings. The third-order valence-electron chi connectivity index (χ3n) is 2.47. The number of anilines is 1. The van der Waals surface area contributed by atoms with Crippen LogP contribution < -0.4 is 5.73 Å². The van der Waals surface area contributed by atoms with Gasteiger partial charge in [0.1, 0.15) is 5.82 Å². The maximum absolute atomic E-state index is 13.1. The summed E-state index contributed by atoms with van der Waals surface area (Å²) in [5.74, 6) is -3.50. The number of rotatable bonds is 2. The Hall–Kier alpha value is -1.25. The summed E-state index contributed by atoms with van der Waals surface area (Å²) in [7, 11) is 0. The predicted octanol–water partition coefficient (Wildman–Crippen LogP) is 2.84. The van der Waals surface area contributed by atoms with Gasteiger partial charge in [-0.3, -0.25) is 0 Å². The minimum absolute atomic E-state index is 0.0871. The molecule has 1 aromatic carbocycles. The van der Waals surface area contributed by atoms with Crippen LogP contribution in [0.4, 0.5) is 19.0 Å². The van der Waals surface area contributed by atoms with Gasteiger partial charge in [-0.1, -0.05) is 0 Å². The van der Waals surface area contributed by atoms with Crippen LogP contribution in [-0.2, 0) is 6.54 Å². The van der Waals surface area contributed by atoms with E-state index < -0.39 is 17.5 Å². The highest BCUT2D eigenvalue weighted by molar-refractivity contribution is 14.1. The summed E-state index contributed by atoms with van der Waals surface area (Å²) in [6, 6.07) is 1.86. The molecule has 0 aliphatic rings. The molecule has 0 radical (unpaired) electrons. The Morgan fingerprint density at radius 2 is 1.83 bits per heavy atom.